The standard InChI is InChI=1S/C15H19ClN4O/c1-2-19-5-7-20(8-6-19)11-15(21)18-13-4-3-12(10-17)14(16)9-13/h3-4,9H,2,5-8,11H2,1H3,(H,18,21). The normalized spacial score (nSPS) is 16.4. The van der Waals surface area contributed by atoms with E-state index in [0.29, 0.717) is 22.8 Å². The molecule has 0 saturated carbocycles. The molecule has 6 heteroatoms. The van der Waals surface area contributed by atoms with Crippen molar-refractivity contribution in [1.29, 1.82) is 5.26 Å². The monoisotopic (exact) mass is 306 g/mol. The quantitative estimate of drug-likeness (QED) is 0.921. The van der Waals surface area contributed by atoms with Crippen molar-refractivity contribution in [3.8, 4) is 6.07 Å². The summed E-state index contributed by atoms with van der Waals surface area (Å²) in [6.45, 7) is 7.43. The molecule has 2 rings (SSSR count). The average molecular weight is 307 g/mol. The van der Waals surface area contributed by atoms with Gasteiger partial charge in [0.05, 0.1) is 17.1 Å². The van der Waals surface area contributed by atoms with Gasteiger partial charge in [0.1, 0.15) is 6.07 Å². The van der Waals surface area contributed by atoms with Crippen LogP contribution in [0.2, 0.25) is 5.02 Å². The zero-order valence-corrected chi connectivity index (χ0v) is 12.9. The van der Waals surface area contributed by atoms with Crippen molar-refractivity contribution in [2.24, 2.45) is 0 Å². The fourth-order valence-electron chi connectivity index (χ4n) is 2.35. The summed E-state index contributed by atoms with van der Waals surface area (Å²) in [6.07, 6.45) is 0. The molecule has 0 aliphatic carbocycles. The predicted molar refractivity (Wildman–Crippen MR) is 83.4 cm³/mol. The zero-order valence-electron chi connectivity index (χ0n) is 12.1. The number of likely N-dealkylation sites (N-methyl/N-ethyl adjacent to an activating group) is 1. The molecule has 1 aliphatic rings. The Morgan fingerprint density at radius 3 is 2.57 bits per heavy atom. The first-order valence-electron chi connectivity index (χ1n) is 7.06. The van der Waals surface area contributed by atoms with Gasteiger partial charge in [-0.1, -0.05) is 18.5 Å². The molecule has 0 spiro atoms. The maximum atomic E-state index is 12.0. The Hall–Kier alpha value is -1.61. The molecule has 1 aromatic carbocycles. The highest BCUT2D eigenvalue weighted by Crippen LogP contribution is 2.20. The van der Waals surface area contributed by atoms with E-state index in [2.05, 4.69) is 22.0 Å². The second-order valence-corrected chi connectivity index (χ2v) is 5.47. The van der Waals surface area contributed by atoms with E-state index in [0.717, 1.165) is 32.7 Å². The maximum absolute atomic E-state index is 12.0. The van der Waals surface area contributed by atoms with E-state index in [1.54, 1.807) is 18.2 Å². The van der Waals surface area contributed by atoms with Gasteiger partial charge in [0, 0.05) is 31.9 Å². The Morgan fingerprint density at radius 1 is 1.33 bits per heavy atom. The van der Waals surface area contributed by atoms with Gasteiger partial charge >= 0.3 is 0 Å². The van der Waals surface area contributed by atoms with Gasteiger partial charge in [-0.05, 0) is 24.7 Å². The van der Waals surface area contributed by atoms with Crippen LogP contribution in [0.1, 0.15) is 12.5 Å². The molecule has 0 unspecified atom stereocenters. The number of halogens is 1. The second-order valence-electron chi connectivity index (χ2n) is 5.07. The van der Waals surface area contributed by atoms with Crippen LogP contribution < -0.4 is 5.32 Å². The lowest BCUT2D eigenvalue weighted by Crippen LogP contribution is -2.48. The Balaban J connectivity index is 1.85. The number of carbonyl (C=O) groups is 1. The van der Waals surface area contributed by atoms with Gasteiger partial charge < -0.3 is 10.2 Å². The van der Waals surface area contributed by atoms with E-state index in [9.17, 15) is 4.79 Å². The first kappa shape index (κ1) is 15.8. The van der Waals surface area contributed by atoms with E-state index in [1.807, 2.05) is 6.07 Å². The van der Waals surface area contributed by atoms with Crippen molar-refractivity contribution in [3.05, 3.63) is 28.8 Å². The van der Waals surface area contributed by atoms with E-state index in [1.165, 1.54) is 0 Å². The number of hydrogen-bond acceptors (Lipinski definition) is 4. The number of nitriles is 1. The predicted octanol–water partition coefficient (Wildman–Crippen LogP) is 1.79. The molecule has 21 heavy (non-hydrogen) atoms. The van der Waals surface area contributed by atoms with Crippen LogP contribution in [0, 0.1) is 11.3 Å². The highest BCUT2D eigenvalue weighted by molar-refractivity contribution is 6.32. The molecule has 1 heterocycles. The van der Waals surface area contributed by atoms with Gasteiger partial charge in [0.25, 0.3) is 0 Å². The number of benzene rings is 1. The highest BCUT2D eigenvalue weighted by atomic mass is 35.5. The summed E-state index contributed by atoms with van der Waals surface area (Å²) in [5.74, 6) is -0.0549. The number of piperazine rings is 1. The molecule has 0 bridgehead atoms. The summed E-state index contributed by atoms with van der Waals surface area (Å²) in [7, 11) is 0. The van der Waals surface area contributed by atoms with Crippen molar-refractivity contribution >= 4 is 23.2 Å². The smallest absolute Gasteiger partial charge is 0.238 e. The minimum absolute atomic E-state index is 0.0549. The molecule has 1 aliphatic heterocycles. The Bertz CT molecular complexity index is 547. The molecule has 1 N–H and O–H groups in total. The summed E-state index contributed by atoms with van der Waals surface area (Å²) < 4.78 is 0. The molecular formula is C15H19ClN4O. The first-order chi connectivity index (χ1) is 10.1. The molecular weight excluding hydrogens is 288 g/mol. The second kappa shape index (κ2) is 7.41. The summed E-state index contributed by atoms with van der Waals surface area (Å²) in [4.78, 5) is 16.5. The molecule has 112 valence electrons. The van der Waals surface area contributed by atoms with Crippen LogP contribution in [0.25, 0.3) is 0 Å². The molecule has 1 aromatic rings. The Kier molecular flexibility index (Phi) is 5.57. The summed E-state index contributed by atoms with van der Waals surface area (Å²) >= 11 is 5.95. The van der Waals surface area contributed by atoms with Crippen LogP contribution in [0.15, 0.2) is 18.2 Å². The lowest BCUT2D eigenvalue weighted by atomic mass is 10.2. The molecule has 0 aromatic heterocycles. The van der Waals surface area contributed by atoms with Gasteiger partial charge in [-0.25, -0.2) is 0 Å². The van der Waals surface area contributed by atoms with Crippen LogP contribution in [0.4, 0.5) is 5.69 Å². The number of amides is 1. The molecule has 5 nitrogen and oxygen atoms in total. The minimum atomic E-state index is -0.0549. The molecule has 1 saturated heterocycles. The summed E-state index contributed by atoms with van der Waals surface area (Å²) in [5, 5.41) is 12.0. The third kappa shape index (κ3) is 4.43. The fourth-order valence-corrected chi connectivity index (χ4v) is 2.57. The third-order valence-electron chi connectivity index (χ3n) is 3.65. The van der Waals surface area contributed by atoms with Crippen LogP contribution >= 0.6 is 11.6 Å². The van der Waals surface area contributed by atoms with Gasteiger partial charge in [-0.2, -0.15) is 5.26 Å². The van der Waals surface area contributed by atoms with E-state index in [-0.39, 0.29) is 5.91 Å². The van der Waals surface area contributed by atoms with Gasteiger partial charge in [0.2, 0.25) is 5.91 Å². The van der Waals surface area contributed by atoms with Crippen molar-refractivity contribution < 1.29 is 4.79 Å². The summed E-state index contributed by atoms with van der Waals surface area (Å²) in [6, 6.07) is 6.90. The number of nitrogens with zero attached hydrogens (tertiary/aromatic N) is 3. The number of nitrogens with one attached hydrogen (secondary N) is 1. The molecule has 0 atom stereocenters. The SMILES string of the molecule is CCN1CCN(CC(=O)Nc2ccc(C#N)c(Cl)c2)CC1. The highest BCUT2D eigenvalue weighted by Gasteiger charge is 2.17. The van der Waals surface area contributed by atoms with Crippen LogP contribution in [0.3, 0.4) is 0 Å². The van der Waals surface area contributed by atoms with Gasteiger partial charge in [0.15, 0.2) is 0 Å². The van der Waals surface area contributed by atoms with Crippen LogP contribution in [0.5, 0.6) is 0 Å². The van der Waals surface area contributed by atoms with E-state index in [4.69, 9.17) is 16.9 Å². The minimum Gasteiger partial charge on any atom is -0.325 e. The van der Waals surface area contributed by atoms with Crippen molar-refractivity contribution in [1.82, 2.24) is 9.80 Å². The zero-order chi connectivity index (χ0) is 15.2. The lowest BCUT2D eigenvalue weighted by molar-refractivity contribution is -0.117. The maximum Gasteiger partial charge on any atom is 0.238 e. The molecule has 1 amide bonds. The van der Waals surface area contributed by atoms with Gasteiger partial charge in [-0.3, -0.25) is 9.69 Å². The van der Waals surface area contributed by atoms with Crippen molar-refractivity contribution in [2.75, 3.05) is 44.6 Å². The van der Waals surface area contributed by atoms with Crippen molar-refractivity contribution in [3.63, 3.8) is 0 Å². The molecule has 0 radical (unpaired) electrons. The topological polar surface area (TPSA) is 59.4 Å². The largest absolute Gasteiger partial charge is 0.325 e. The third-order valence-corrected chi connectivity index (χ3v) is 3.97. The van der Waals surface area contributed by atoms with E-state index >= 15 is 0 Å². The fraction of sp³-hybridized carbons (Fsp3) is 0.467. The number of anilines is 1. The lowest BCUT2D eigenvalue weighted by Gasteiger charge is -2.33. The number of carbonyl (C=O) groups excluding carboxylic acids is 1. The molecule has 1 fully saturated rings. The van der Waals surface area contributed by atoms with Crippen LogP contribution in [-0.4, -0.2) is 55.0 Å². The first-order valence-corrected chi connectivity index (χ1v) is 7.44. The van der Waals surface area contributed by atoms with Crippen molar-refractivity contribution in [2.45, 2.75) is 6.92 Å². The average Bonchev–Trinajstić information content (AvgIpc) is 2.48. The number of rotatable bonds is 4. The Labute approximate surface area is 130 Å². The van der Waals surface area contributed by atoms with E-state index < -0.39 is 0 Å². The summed E-state index contributed by atoms with van der Waals surface area (Å²) in [5.41, 5.74) is 1.03. The van der Waals surface area contributed by atoms with Crippen LogP contribution in [-0.2, 0) is 4.79 Å². The Morgan fingerprint density at radius 2 is 2.00 bits per heavy atom. The number of hydrogen-bond donors (Lipinski definition) is 1. The van der Waals surface area contributed by atoms with Gasteiger partial charge in [-0.15, -0.1) is 0 Å².